The minimum atomic E-state index is 0.0800. The lowest BCUT2D eigenvalue weighted by Gasteiger charge is -2.26. The Morgan fingerprint density at radius 1 is 0.915 bits per heavy atom. The number of Topliss-reactive ketones (excluding diaryl/α,β-unsaturated/α-hetero) is 1. The number of hydrogen-bond donors (Lipinski definition) is 2. The standard InChI is InChI=1S/C35H50N6O6/c1-3-13-43-15-17-45-19-21-47-22-20-46-18-16-44-14-5-8-30(42)26-9-11-27(12-10-26)35-40-32(33-34(36)37-24-38-41(33)35)29-23-28-7-4-6-25(2)31(28)39-29/h4,6-7,23-24,26-27,39H,3,5,8-22H2,1-2H3,(H2,36,37,38). The molecule has 0 atom stereocenters. The van der Waals surface area contributed by atoms with Crippen molar-refractivity contribution in [2.75, 3.05) is 71.8 Å². The highest BCUT2D eigenvalue weighted by Crippen LogP contribution is 2.39. The molecule has 0 amide bonds. The summed E-state index contributed by atoms with van der Waals surface area (Å²) in [5, 5.41) is 5.67. The summed E-state index contributed by atoms with van der Waals surface area (Å²) < 4.78 is 29.4. The maximum absolute atomic E-state index is 13.0. The number of benzene rings is 1. The van der Waals surface area contributed by atoms with Crippen molar-refractivity contribution in [2.24, 2.45) is 5.92 Å². The van der Waals surface area contributed by atoms with Gasteiger partial charge < -0.3 is 34.4 Å². The molecule has 0 spiro atoms. The number of aryl methyl sites for hydroxylation is 1. The van der Waals surface area contributed by atoms with E-state index in [4.69, 9.17) is 34.4 Å². The van der Waals surface area contributed by atoms with E-state index in [2.05, 4.69) is 53.2 Å². The van der Waals surface area contributed by atoms with Gasteiger partial charge in [-0.2, -0.15) is 5.10 Å². The van der Waals surface area contributed by atoms with E-state index in [1.807, 2.05) is 4.52 Å². The molecule has 5 rings (SSSR count). The van der Waals surface area contributed by atoms with Crippen LogP contribution in [0.4, 0.5) is 5.82 Å². The molecule has 0 bridgehead atoms. The van der Waals surface area contributed by atoms with Crippen LogP contribution in [-0.2, 0) is 28.5 Å². The quantitative estimate of drug-likeness (QED) is 0.114. The smallest absolute Gasteiger partial charge is 0.153 e. The molecule has 3 N–H and O–H groups in total. The molecule has 1 aliphatic carbocycles. The van der Waals surface area contributed by atoms with Crippen LogP contribution in [0.1, 0.15) is 69.2 Å². The number of nitrogen functional groups attached to an aromatic ring is 1. The van der Waals surface area contributed by atoms with Gasteiger partial charge in [-0.05, 0) is 57.1 Å². The summed E-state index contributed by atoms with van der Waals surface area (Å²) >= 11 is 0. The lowest BCUT2D eigenvalue weighted by Crippen LogP contribution is -2.22. The van der Waals surface area contributed by atoms with E-state index in [0.29, 0.717) is 83.0 Å². The normalized spacial score (nSPS) is 16.8. The Morgan fingerprint density at radius 2 is 1.55 bits per heavy atom. The number of H-pyrrole nitrogens is 1. The number of carbonyl (C=O) groups is 1. The Balaban J connectivity index is 0.979. The number of rotatable bonds is 21. The second-order valence-electron chi connectivity index (χ2n) is 12.1. The Bertz CT molecular complexity index is 1550. The number of ether oxygens (including phenoxy) is 5. The van der Waals surface area contributed by atoms with Crippen LogP contribution in [0.2, 0.25) is 0 Å². The van der Waals surface area contributed by atoms with Gasteiger partial charge in [0.25, 0.3) is 0 Å². The lowest BCUT2D eigenvalue weighted by atomic mass is 9.79. The second-order valence-corrected chi connectivity index (χ2v) is 12.1. The van der Waals surface area contributed by atoms with Crippen LogP contribution in [0.15, 0.2) is 30.6 Å². The number of aromatic nitrogens is 5. The molecular formula is C35H50N6O6. The first-order chi connectivity index (χ1) is 23.1. The molecule has 1 aliphatic rings. The first-order valence-corrected chi connectivity index (χ1v) is 17.1. The maximum atomic E-state index is 13.0. The van der Waals surface area contributed by atoms with E-state index in [9.17, 15) is 4.79 Å². The molecule has 3 heterocycles. The number of nitrogens with two attached hydrogens (primary N) is 1. The molecule has 1 aromatic carbocycles. The van der Waals surface area contributed by atoms with Gasteiger partial charge >= 0.3 is 0 Å². The predicted molar refractivity (Wildman–Crippen MR) is 181 cm³/mol. The van der Waals surface area contributed by atoms with Crippen molar-refractivity contribution in [1.82, 2.24) is 24.6 Å². The summed E-state index contributed by atoms with van der Waals surface area (Å²) in [4.78, 5) is 25.9. The van der Waals surface area contributed by atoms with Crippen LogP contribution >= 0.6 is 0 Å². The second kappa shape index (κ2) is 18.2. The average Bonchev–Trinajstić information content (AvgIpc) is 3.70. The fraction of sp³-hybridized carbons (Fsp3) is 0.600. The van der Waals surface area contributed by atoms with E-state index in [1.165, 1.54) is 11.9 Å². The van der Waals surface area contributed by atoms with Crippen LogP contribution in [0.3, 0.4) is 0 Å². The summed E-state index contributed by atoms with van der Waals surface area (Å²) in [6.07, 6.45) is 7.20. The van der Waals surface area contributed by atoms with Gasteiger partial charge in [0.2, 0.25) is 0 Å². The average molecular weight is 651 g/mol. The highest BCUT2D eigenvalue weighted by Gasteiger charge is 2.31. The van der Waals surface area contributed by atoms with Gasteiger partial charge in [-0.1, -0.05) is 25.1 Å². The summed E-state index contributed by atoms with van der Waals surface area (Å²) in [5.74, 6) is 1.88. The third-order valence-electron chi connectivity index (χ3n) is 8.70. The Labute approximate surface area is 276 Å². The Hall–Kier alpha value is -3.42. The van der Waals surface area contributed by atoms with E-state index >= 15 is 0 Å². The van der Waals surface area contributed by atoms with Gasteiger partial charge in [-0.3, -0.25) is 4.79 Å². The first kappa shape index (κ1) is 34.9. The third-order valence-corrected chi connectivity index (χ3v) is 8.70. The molecule has 256 valence electrons. The molecule has 1 fully saturated rings. The van der Waals surface area contributed by atoms with E-state index in [-0.39, 0.29) is 11.8 Å². The monoisotopic (exact) mass is 650 g/mol. The number of ketones is 1. The van der Waals surface area contributed by atoms with E-state index < -0.39 is 0 Å². The fourth-order valence-corrected chi connectivity index (χ4v) is 6.22. The van der Waals surface area contributed by atoms with Crippen molar-refractivity contribution in [2.45, 2.75) is 64.7 Å². The molecule has 47 heavy (non-hydrogen) atoms. The molecule has 0 unspecified atom stereocenters. The SMILES string of the molecule is CCCOCCOCCOCCOCCOCCCC(=O)C1CCC(c2nc(-c3cc4cccc(C)c4[nH]3)c3c(N)ncnn23)CC1. The van der Waals surface area contributed by atoms with Crippen molar-refractivity contribution < 1.29 is 28.5 Å². The van der Waals surface area contributed by atoms with Crippen LogP contribution in [0.5, 0.6) is 0 Å². The molecule has 4 aromatic rings. The molecule has 0 saturated heterocycles. The number of aromatic amines is 1. The van der Waals surface area contributed by atoms with Crippen LogP contribution < -0.4 is 5.73 Å². The number of nitrogens with zero attached hydrogens (tertiary/aromatic N) is 4. The van der Waals surface area contributed by atoms with Crippen molar-refractivity contribution in [3.63, 3.8) is 0 Å². The molecule has 1 saturated carbocycles. The maximum Gasteiger partial charge on any atom is 0.153 e. The largest absolute Gasteiger partial charge is 0.382 e. The van der Waals surface area contributed by atoms with Crippen molar-refractivity contribution in [1.29, 1.82) is 0 Å². The number of para-hydroxylation sites is 1. The minimum Gasteiger partial charge on any atom is -0.382 e. The van der Waals surface area contributed by atoms with Gasteiger partial charge in [0.15, 0.2) is 5.82 Å². The number of imidazole rings is 1. The molecule has 0 aliphatic heterocycles. The highest BCUT2D eigenvalue weighted by atomic mass is 16.6. The molecule has 3 aromatic heterocycles. The highest BCUT2D eigenvalue weighted by molar-refractivity contribution is 5.92. The number of hydrogen-bond acceptors (Lipinski definition) is 10. The summed E-state index contributed by atoms with van der Waals surface area (Å²) in [5.41, 5.74) is 11.0. The zero-order valence-corrected chi connectivity index (χ0v) is 27.9. The topological polar surface area (TPSA) is 148 Å². The number of carbonyl (C=O) groups excluding carboxylic acids is 1. The van der Waals surface area contributed by atoms with Gasteiger partial charge in [0, 0.05) is 42.4 Å². The molecule has 12 nitrogen and oxygen atoms in total. The first-order valence-electron chi connectivity index (χ1n) is 17.1. The minimum absolute atomic E-state index is 0.0800. The predicted octanol–water partition coefficient (Wildman–Crippen LogP) is 5.28. The van der Waals surface area contributed by atoms with Gasteiger partial charge in [0.05, 0.1) is 58.5 Å². The Kier molecular flexibility index (Phi) is 13.5. The van der Waals surface area contributed by atoms with Gasteiger partial charge in [-0.15, -0.1) is 0 Å². The van der Waals surface area contributed by atoms with Crippen molar-refractivity contribution >= 4 is 28.0 Å². The van der Waals surface area contributed by atoms with Gasteiger partial charge in [-0.25, -0.2) is 14.5 Å². The van der Waals surface area contributed by atoms with E-state index in [0.717, 1.165) is 73.2 Å². The molecule has 12 heteroatoms. The summed E-state index contributed by atoms with van der Waals surface area (Å²) in [7, 11) is 0. The van der Waals surface area contributed by atoms with Crippen molar-refractivity contribution in [3.05, 3.63) is 42.0 Å². The molecule has 0 radical (unpaired) electrons. The van der Waals surface area contributed by atoms with E-state index in [1.54, 1.807) is 0 Å². The summed E-state index contributed by atoms with van der Waals surface area (Å²) in [6, 6.07) is 8.33. The van der Waals surface area contributed by atoms with Gasteiger partial charge in [0.1, 0.15) is 29.1 Å². The lowest BCUT2D eigenvalue weighted by molar-refractivity contribution is -0.124. The van der Waals surface area contributed by atoms with Crippen molar-refractivity contribution in [3.8, 4) is 11.4 Å². The zero-order chi connectivity index (χ0) is 32.8. The van der Waals surface area contributed by atoms with Crippen LogP contribution in [0, 0.1) is 12.8 Å². The van der Waals surface area contributed by atoms with Crippen LogP contribution in [-0.4, -0.2) is 96.4 Å². The third kappa shape index (κ3) is 9.57. The summed E-state index contributed by atoms with van der Waals surface area (Å²) in [6.45, 7) is 9.86. The Morgan fingerprint density at radius 3 is 2.19 bits per heavy atom. The number of fused-ring (bicyclic) bond motifs is 2. The van der Waals surface area contributed by atoms with Crippen LogP contribution in [0.25, 0.3) is 27.8 Å². The number of nitrogens with one attached hydrogen (secondary N) is 1. The molecular weight excluding hydrogens is 600 g/mol. The zero-order valence-electron chi connectivity index (χ0n) is 27.9. The fourth-order valence-electron chi connectivity index (χ4n) is 6.22. The number of anilines is 1.